The number of rotatable bonds is 3. The Balaban J connectivity index is 2.81. The SMILES string of the molecule is C=CCn1nc(C(C)C)c2c(=O)[nH]cnc21. The van der Waals surface area contributed by atoms with Crippen LogP contribution in [0.5, 0.6) is 0 Å². The van der Waals surface area contributed by atoms with Gasteiger partial charge in [-0.05, 0) is 5.92 Å². The van der Waals surface area contributed by atoms with E-state index in [1.807, 2.05) is 13.8 Å². The second kappa shape index (κ2) is 3.92. The highest BCUT2D eigenvalue weighted by molar-refractivity contribution is 5.77. The number of hydrogen-bond acceptors (Lipinski definition) is 3. The van der Waals surface area contributed by atoms with Crippen LogP contribution in [-0.4, -0.2) is 19.7 Å². The lowest BCUT2D eigenvalue weighted by atomic mass is 10.1. The number of aromatic nitrogens is 4. The van der Waals surface area contributed by atoms with Gasteiger partial charge in [0.2, 0.25) is 0 Å². The average Bonchev–Trinajstić information content (AvgIpc) is 2.60. The Morgan fingerprint density at radius 2 is 2.38 bits per heavy atom. The van der Waals surface area contributed by atoms with E-state index in [4.69, 9.17) is 0 Å². The summed E-state index contributed by atoms with van der Waals surface area (Å²) in [7, 11) is 0. The van der Waals surface area contributed by atoms with E-state index in [1.165, 1.54) is 6.33 Å². The molecule has 5 nitrogen and oxygen atoms in total. The van der Waals surface area contributed by atoms with Crippen LogP contribution in [0.1, 0.15) is 25.5 Å². The van der Waals surface area contributed by atoms with E-state index in [2.05, 4.69) is 21.6 Å². The second-order valence-electron chi connectivity index (χ2n) is 3.94. The molecule has 2 rings (SSSR count). The van der Waals surface area contributed by atoms with Crippen LogP contribution < -0.4 is 5.56 Å². The van der Waals surface area contributed by atoms with Gasteiger partial charge in [0.15, 0.2) is 5.65 Å². The Morgan fingerprint density at radius 1 is 1.62 bits per heavy atom. The van der Waals surface area contributed by atoms with Crippen molar-refractivity contribution in [2.45, 2.75) is 26.3 Å². The number of nitrogens with zero attached hydrogens (tertiary/aromatic N) is 3. The number of nitrogens with one attached hydrogen (secondary N) is 1. The second-order valence-corrected chi connectivity index (χ2v) is 3.94. The van der Waals surface area contributed by atoms with Crippen LogP contribution >= 0.6 is 0 Å². The van der Waals surface area contributed by atoms with Gasteiger partial charge in [-0.1, -0.05) is 19.9 Å². The first kappa shape index (κ1) is 10.6. The summed E-state index contributed by atoms with van der Waals surface area (Å²) in [6.45, 7) is 8.23. The monoisotopic (exact) mass is 218 g/mol. The van der Waals surface area contributed by atoms with Crippen molar-refractivity contribution in [3.05, 3.63) is 35.0 Å². The van der Waals surface area contributed by atoms with Crippen LogP contribution in [0.2, 0.25) is 0 Å². The predicted octanol–water partition coefficient (Wildman–Crippen LogP) is 1.43. The minimum absolute atomic E-state index is 0.135. The van der Waals surface area contributed by atoms with Gasteiger partial charge >= 0.3 is 0 Å². The molecule has 16 heavy (non-hydrogen) atoms. The van der Waals surface area contributed by atoms with Crippen LogP contribution in [0.3, 0.4) is 0 Å². The molecule has 0 radical (unpaired) electrons. The molecule has 2 heterocycles. The summed E-state index contributed by atoms with van der Waals surface area (Å²) >= 11 is 0. The zero-order valence-corrected chi connectivity index (χ0v) is 9.40. The molecule has 0 atom stereocenters. The lowest BCUT2D eigenvalue weighted by Crippen LogP contribution is -2.08. The lowest BCUT2D eigenvalue weighted by Gasteiger charge is -1.98. The summed E-state index contributed by atoms with van der Waals surface area (Å²) in [4.78, 5) is 18.5. The van der Waals surface area contributed by atoms with E-state index >= 15 is 0 Å². The molecule has 84 valence electrons. The van der Waals surface area contributed by atoms with Crippen LogP contribution in [0.25, 0.3) is 11.0 Å². The van der Waals surface area contributed by atoms with Crippen LogP contribution in [-0.2, 0) is 6.54 Å². The van der Waals surface area contributed by atoms with Gasteiger partial charge in [-0.15, -0.1) is 6.58 Å². The molecule has 1 N–H and O–H groups in total. The Labute approximate surface area is 92.8 Å². The third kappa shape index (κ3) is 1.54. The van der Waals surface area contributed by atoms with Gasteiger partial charge in [-0.3, -0.25) is 4.79 Å². The highest BCUT2D eigenvalue weighted by Gasteiger charge is 2.16. The predicted molar refractivity (Wildman–Crippen MR) is 62.4 cm³/mol. The quantitative estimate of drug-likeness (QED) is 0.792. The fraction of sp³-hybridized carbons (Fsp3) is 0.364. The molecule has 0 saturated heterocycles. The van der Waals surface area contributed by atoms with Gasteiger partial charge in [0.05, 0.1) is 18.6 Å². The third-order valence-electron chi connectivity index (χ3n) is 2.41. The van der Waals surface area contributed by atoms with Crippen molar-refractivity contribution in [2.75, 3.05) is 0 Å². The Kier molecular flexibility index (Phi) is 2.60. The molecule has 2 aromatic rings. The Bertz CT molecular complexity index is 579. The Hall–Kier alpha value is -1.91. The summed E-state index contributed by atoms with van der Waals surface area (Å²) < 4.78 is 1.70. The maximum Gasteiger partial charge on any atom is 0.262 e. The fourth-order valence-corrected chi connectivity index (χ4v) is 1.70. The minimum Gasteiger partial charge on any atom is -0.312 e. The van der Waals surface area contributed by atoms with E-state index in [9.17, 15) is 4.79 Å². The smallest absolute Gasteiger partial charge is 0.262 e. The topological polar surface area (TPSA) is 63.6 Å². The molecule has 2 aromatic heterocycles. The van der Waals surface area contributed by atoms with Crippen molar-refractivity contribution in [3.63, 3.8) is 0 Å². The lowest BCUT2D eigenvalue weighted by molar-refractivity contribution is 0.681. The van der Waals surface area contributed by atoms with Gasteiger partial charge in [0.25, 0.3) is 5.56 Å². The van der Waals surface area contributed by atoms with Gasteiger partial charge in [-0.2, -0.15) is 5.10 Å². The van der Waals surface area contributed by atoms with Crippen molar-refractivity contribution in [1.29, 1.82) is 0 Å². The third-order valence-corrected chi connectivity index (χ3v) is 2.41. The van der Waals surface area contributed by atoms with Crippen molar-refractivity contribution in [1.82, 2.24) is 19.7 Å². The van der Waals surface area contributed by atoms with Crippen LogP contribution in [0.15, 0.2) is 23.8 Å². The highest BCUT2D eigenvalue weighted by atomic mass is 16.1. The molecule has 0 saturated carbocycles. The van der Waals surface area contributed by atoms with Crippen molar-refractivity contribution < 1.29 is 0 Å². The van der Waals surface area contributed by atoms with E-state index in [0.717, 1.165) is 5.69 Å². The zero-order valence-electron chi connectivity index (χ0n) is 9.40. The molecule has 0 aliphatic carbocycles. The normalized spacial score (nSPS) is 11.2. The van der Waals surface area contributed by atoms with E-state index in [1.54, 1.807) is 10.8 Å². The van der Waals surface area contributed by atoms with Gasteiger partial charge in [-0.25, -0.2) is 9.67 Å². The molecular formula is C11H14N4O. The zero-order chi connectivity index (χ0) is 11.7. The summed E-state index contributed by atoms with van der Waals surface area (Å²) in [6.07, 6.45) is 3.13. The van der Waals surface area contributed by atoms with Crippen molar-refractivity contribution in [2.24, 2.45) is 0 Å². The highest BCUT2D eigenvalue weighted by Crippen LogP contribution is 2.19. The molecule has 0 spiro atoms. The largest absolute Gasteiger partial charge is 0.312 e. The first-order chi connectivity index (χ1) is 7.65. The Morgan fingerprint density at radius 3 is 3.00 bits per heavy atom. The molecule has 5 heteroatoms. The molecule has 0 unspecified atom stereocenters. The molecule has 0 aliphatic rings. The van der Waals surface area contributed by atoms with Crippen LogP contribution in [0.4, 0.5) is 0 Å². The molecule has 0 aromatic carbocycles. The number of H-pyrrole nitrogens is 1. The summed E-state index contributed by atoms with van der Waals surface area (Å²) in [5, 5.41) is 4.99. The summed E-state index contributed by atoms with van der Waals surface area (Å²) in [6, 6.07) is 0. The van der Waals surface area contributed by atoms with Crippen molar-refractivity contribution >= 4 is 11.0 Å². The standard InChI is InChI=1S/C11H14N4O/c1-4-5-15-10-8(9(14-15)7(2)3)11(16)13-6-12-10/h4,6-7H,1,5H2,2-3H3,(H,12,13,16). The molecule has 0 aliphatic heterocycles. The first-order valence-electron chi connectivity index (χ1n) is 5.20. The van der Waals surface area contributed by atoms with E-state index in [-0.39, 0.29) is 11.5 Å². The van der Waals surface area contributed by atoms with Crippen LogP contribution in [0, 0.1) is 0 Å². The molecule has 0 amide bonds. The number of fused-ring (bicyclic) bond motifs is 1. The average molecular weight is 218 g/mol. The van der Waals surface area contributed by atoms with Crippen molar-refractivity contribution in [3.8, 4) is 0 Å². The fourth-order valence-electron chi connectivity index (χ4n) is 1.70. The summed E-state index contributed by atoms with van der Waals surface area (Å²) in [5.74, 6) is 0.193. The van der Waals surface area contributed by atoms with E-state index in [0.29, 0.717) is 17.6 Å². The molecular weight excluding hydrogens is 204 g/mol. The maximum atomic E-state index is 11.7. The van der Waals surface area contributed by atoms with Gasteiger partial charge < -0.3 is 4.98 Å². The summed E-state index contributed by atoms with van der Waals surface area (Å²) in [5.41, 5.74) is 1.27. The number of hydrogen-bond donors (Lipinski definition) is 1. The number of aromatic amines is 1. The van der Waals surface area contributed by atoms with Gasteiger partial charge in [0.1, 0.15) is 5.39 Å². The molecule has 0 fully saturated rings. The molecule has 0 bridgehead atoms. The maximum absolute atomic E-state index is 11.7. The number of allylic oxidation sites excluding steroid dienone is 1. The van der Waals surface area contributed by atoms with Gasteiger partial charge in [0, 0.05) is 0 Å². The minimum atomic E-state index is -0.135. The van der Waals surface area contributed by atoms with E-state index < -0.39 is 0 Å². The first-order valence-corrected chi connectivity index (χ1v) is 5.20.